The summed E-state index contributed by atoms with van der Waals surface area (Å²) in [6, 6.07) is 9.79. The number of ketones is 1. The Kier molecular flexibility index (Phi) is 4.96. The zero-order chi connectivity index (χ0) is 16.2. The van der Waals surface area contributed by atoms with Crippen molar-refractivity contribution in [2.75, 3.05) is 26.7 Å². The summed E-state index contributed by atoms with van der Waals surface area (Å²) in [6.45, 7) is 2.80. The van der Waals surface area contributed by atoms with E-state index >= 15 is 0 Å². The Bertz CT molecular complexity index is 548. The minimum Gasteiger partial charge on any atom is -0.341 e. The minimum atomic E-state index is -0.491. The number of rotatable bonds is 5. The van der Waals surface area contributed by atoms with Gasteiger partial charge >= 0.3 is 0 Å². The number of amides is 2. The van der Waals surface area contributed by atoms with E-state index < -0.39 is 5.41 Å². The molecular weight excluding hydrogens is 280 g/mol. The third-order valence-corrected chi connectivity index (χ3v) is 4.53. The lowest BCUT2D eigenvalue weighted by Gasteiger charge is -2.40. The van der Waals surface area contributed by atoms with Gasteiger partial charge in [-0.05, 0) is 25.3 Å². The Labute approximate surface area is 130 Å². The molecule has 5 nitrogen and oxygen atoms in total. The van der Waals surface area contributed by atoms with Crippen LogP contribution in [0.5, 0.6) is 0 Å². The topological polar surface area (TPSA) is 57.7 Å². The lowest BCUT2D eigenvalue weighted by atomic mass is 9.70. The molecule has 0 bridgehead atoms. The van der Waals surface area contributed by atoms with Crippen LogP contribution in [0.4, 0.5) is 0 Å². The summed E-state index contributed by atoms with van der Waals surface area (Å²) in [7, 11) is 1.58. The summed E-state index contributed by atoms with van der Waals surface area (Å²) in [5.74, 6) is 0.0793. The number of likely N-dealkylation sites (tertiary alicyclic amines) is 1. The quantitative estimate of drug-likeness (QED) is 0.769. The zero-order valence-corrected chi connectivity index (χ0v) is 13.1. The van der Waals surface area contributed by atoms with E-state index in [4.69, 9.17) is 0 Å². The first-order valence-electron chi connectivity index (χ1n) is 7.49. The fourth-order valence-electron chi connectivity index (χ4n) is 3.09. The van der Waals surface area contributed by atoms with Gasteiger partial charge in [0.1, 0.15) is 5.78 Å². The SMILES string of the molecule is CC(=O)C1(c2ccccc2)CCN(C(=O)CN(C)C=O)CC1. The van der Waals surface area contributed by atoms with Gasteiger partial charge in [-0.15, -0.1) is 0 Å². The Balaban J connectivity index is 2.10. The van der Waals surface area contributed by atoms with E-state index in [-0.39, 0.29) is 18.2 Å². The molecule has 1 aliphatic heterocycles. The first-order chi connectivity index (χ1) is 10.5. The number of hydrogen-bond donors (Lipinski definition) is 0. The molecule has 0 atom stereocenters. The largest absolute Gasteiger partial charge is 0.341 e. The van der Waals surface area contributed by atoms with Gasteiger partial charge in [-0.2, -0.15) is 0 Å². The lowest BCUT2D eigenvalue weighted by Crippen LogP contribution is -2.50. The predicted molar refractivity (Wildman–Crippen MR) is 83.3 cm³/mol. The summed E-state index contributed by atoms with van der Waals surface area (Å²) in [6.07, 6.45) is 1.90. The van der Waals surface area contributed by atoms with Crippen molar-refractivity contribution in [2.24, 2.45) is 0 Å². The van der Waals surface area contributed by atoms with Gasteiger partial charge in [0.2, 0.25) is 12.3 Å². The van der Waals surface area contributed by atoms with Crippen molar-refractivity contribution < 1.29 is 14.4 Å². The van der Waals surface area contributed by atoms with Crippen molar-refractivity contribution in [1.82, 2.24) is 9.80 Å². The monoisotopic (exact) mass is 302 g/mol. The molecule has 1 fully saturated rings. The molecule has 0 radical (unpaired) electrons. The van der Waals surface area contributed by atoms with E-state index in [0.29, 0.717) is 32.3 Å². The average molecular weight is 302 g/mol. The van der Waals surface area contributed by atoms with Crippen molar-refractivity contribution in [1.29, 1.82) is 0 Å². The smallest absolute Gasteiger partial charge is 0.242 e. The zero-order valence-electron chi connectivity index (χ0n) is 13.1. The second-order valence-corrected chi connectivity index (χ2v) is 5.91. The van der Waals surface area contributed by atoms with Crippen LogP contribution in [-0.2, 0) is 19.8 Å². The number of benzene rings is 1. The highest BCUT2D eigenvalue weighted by atomic mass is 16.2. The Morgan fingerprint density at radius 3 is 2.32 bits per heavy atom. The molecular formula is C17H22N2O3. The maximum atomic E-state index is 12.3. The standard InChI is InChI=1S/C17H22N2O3/c1-14(21)17(15-6-4-3-5-7-15)8-10-19(11-9-17)16(22)12-18(2)13-20/h3-7,13H,8-12H2,1-2H3. The van der Waals surface area contributed by atoms with Crippen LogP contribution in [-0.4, -0.2) is 54.6 Å². The molecule has 22 heavy (non-hydrogen) atoms. The summed E-state index contributed by atoms with van der Waals surface area (Å²) in [5.41, 5.74) is 0.536. The molecule has 5 heteroatoms. The van der Waals surface area contributed by atoms with Gasteiger partial charge in [0, 0.05) is 20.1 Å². The van der Waals surface area contributed by atoms with E-state index in [2.05, 4.69) is 0 Å². The molecule has 0 N–H and O–H groups in total. The van der Waals surface area contributed by atoms with Crippen LogP contribution in [0.1, 0.15) is 25.3 Å². The van der Waals surface area contributed by atoms with Gasteiger partial charge in [0.15, 0.2) is 0 Å². The molecule has 1 aromatic carbocycles. The summed E-state index contributed by atoms with van der Waals surface area (Å²) < 4.78 is 0. The van der Waals surface area contributed by atoms with Gasteiger partial charge < -0.3 is 9.80 Å². The molecule has 0 unspecified atom stereocenters. The fraction of sp³-hybridized carbons (Fsp3) is 0.471. The van der Waals surface area contributed by atoms with E-state index in [0.717, 1.165) is 5.56 Å². The Hall–Kier alpha value is -2.17. The fourth-order valence-corrected chi connectivity index (χ4v) is 3.09. The van der Waals surface area contributed by atoms with Crippen LogP contribution in [0.2, 0.25) is 0 Å². The van der Waals surface area contributed by atoms with E-state index in [1.54, 1.807) is 18.9 Å². The summed E-state index contributed by atoms with van der Waals surface area (Å²) >= 11 is 0. The Morgan fingerprint density at radius 1 is 1.23 bits per heavy atom. The number of hydrogen-bond acceptors (Lipinski definition) is 3. The van der Waals surface area contributed by atoms with Crippen molar-refractivity contribution in [3.63, 3.8) is 0 Å². The summed E-state index contributed by atoms with van der Waals surface area (Å²) in [4.78, 5) is 38.1. The average Bonchev–Trinajstić information content (AvgIpc) is 2.55. The van der Waals surface area contributed by atoms with Crippen molar-refractivity contribution in [3.8, 4) is 0 Å². The molecule has 118 valence electrons. The predicted octanol–water partition coefficient (Wildman–Crippen LogP) is 1.22. The molecule has 0 saturated carbocycles. The molecule has 0 aliphatic carbocycles. The lowest BCUT2D eigenvalue weighted by molar-refractivity contribution is -0.138. The highest BCUT2D eigenvalue weighted by Gasteiger charge is 2.41. The van der Waals surface area contributed by atoms with Gasteiger partial charge in [-0.25, -0.2) is 0 Å². The van der Waals surface area contributed by atoms with Gasteiger partial charge in [0.25, 0.3) is 0 Å². The van der Waals surface area contributed by atoms with Gasteiger partial charge in [0.05, 0.1) is 12.0 Å². The first kappa shape index (κ1) is 16.2. The van der Waals surface area contributed by atoms with E-state index in [1.807, 2.05) is 30.3 Å². The number of likely N-dealkylation sites (N-methyl/N-ethyl adjacent to an activating group) is 1. The van der Waals surface area contributed by atoms with Crippen LogP contribution < -0.4 is 0 Å². The first-order valence-corrected chi connectivity index (χ1v) is 7.49. The molecule has 1 aromatic rings. The van der Waals surface area contributed by atoms with Crippen LogP contribution in [0.15, 0.2) is 30.3 Å². The summed E-state index contributed by atoms with van der Waals surface area (Å²) in [5, 5.41) is 0. The van der Waals surface area contributed by atoms with Crippen molar-refractivity contribution in [2.45, 2.75) is 25.2 Å². The highest BCUT2D eigenvalue weighted by molar-refractivity contribution is 5.89. The maximum Gasteiger partial charge on any atom is 0.242 e. The number of piperidine rings is 1. The molecule has 0 aromatic heterocycles. The second kappa shape index (κ2) is 6.73. The molecule has 1 heterocycles. The van der Waals surface area contributed by atoms with Crippen LogP contribution in [0.3, 0.4) is 0 Å². The van der Waals surface area contributed by atoms with Gasteiger partial charge in [-0.1, -0.05) is 30.3 Å². The minimum absolute atomic E-state index is 0.0696. The molecule has 2 rings (SSSR count). The van der Waals surface area contributed by atoms with E-state index in [9.17, 15) is 14.4 Å². The number of nitrogens with zero attached hydrogens (tertiary/aromatic N) is 2. The molecule has 2 amide bonds. The number of carbonyl (C=O) groups excluding carboxylic acids is 3. The third-order valence-electron chi connectivity index (χ3n) is 4.53. The number of Topliss-reactive ketones (excluding diaryl/α,β-unsaturated/α-hetero) is 1. The molecule has 1 saturated heterocycles. The molecule has 0 spiro atoms. The normalized spacial score (nSPS) is 16.9. The highest BCUT2D eigenvalue weighted by Crippen LogP contribution is 2.36. The van der Waals surface area contributed by atoms with Crippen molar-refractivity contribution in [3.05, 3.63) is 35.9 Å². The molecule has 1 aliphatic rings. The van der Waals surface area contributed by atoms with Crippen LogP contribution in [0, 0.1) is 0 Å². The van der Waals surface area contributed by atoms with Crippen LogP contribution in [0.25, 0.3) is 0 Å². The van der Waals surface area contributed by atoms with E-state index in [1.165, 1.54) is 4.90 Å². The maximum absolute atomic E-state index is 12.3. The number of carbonyl (C=O) groups is 3. The van der Waals surface area contributed by atoms with Crippen LogP contribution >= 0.6 is 0 Å². The van der Waals surface area contributed by atoms with Crippen molar-refractivity contribution >= 4 is 18.1 Å². The second-order valence-electron chi connectivity index (χ2n) is 5.91. The Morgan fingerprint density at radius 2 is 1.82 bits per heavy atom. The van der Waals surface area contributed by atoms with Gasteiger partial charge in [-0.3, -0.25) is 14.4 Å². The third kappa shape index (κ3) is 3.18.